The fraction of sp³-hybridized carbons (Fsp3) is 0.214. The van der Waals surface area contributed by atoms with Crippen LogP contribution >= 0.6 is 11.6 Å². The maximum absolute atomic E-state index is 12.3. The Kier molecular flexibility index (Phi) is 3.07. The summed E-state index contributed by atoms with van der Waals surface area (Å²) in [5.41, 5.74) is 2.03. The van der Waals surface area contributed by atoms with Crippen molar-refractivity contribution in [2.75, 3.05) is 0 Å². The highest BCUT2D eigenvalue weighted by molar-refractivity contribution is 6.32. The van der Waals surface area contributed by atoms with Crippen molar-refractivity contribution in [3.05, 3.63) is 57.5 Å². The summed E-state index contributed by atoms with van der Waals surface area (Å²) >= 11 is 6.01. The average molecular weight is 249 g/mol. The van der Waals surface area contributed by atoms with E-state index >= 15 is 0 Å². The van der Waals surface area contributed by atoms with Crippen LogP contribution in [-0.2, 0) is 0 Å². The zero-order valence-electron chi connectivity index (χ0n) is 10.0. The normalized spacial score (nSPS) is 10.6. The molecule has 88 valence electrons. The number of halogens is 1. The Bertz CT molecular complexity index is 582. The molecule has 0 radical (unpaired) electrons. The molecule has 1 aromatic heterocycles. The molecular weight excluding hydrogens is 236 g/mol. The van der Waals surface area contributed by atoms with Gasteiger partial charge >= 0.3 is 0 Å². The predicted molar refractivity (Wildman–Crippen MR) is 67.8 cm³/mol. The zero-order valence-corrected chi connectivity index (χ0v) is 10.8. The Morgan fingerprint density at radius 3 is 2.47 bits per heavy atom. The Balaban J connectivity index is 2.51. The lowest BCUT2D eigenvalue weighted by molar-refractivity contribution is 0.103. The van der Waals surface area contributed by atoms with Gasteiger partial charge < -0.3 is 4.42 Å². The number of aryl methyl sites for hydroxylation is 2. The van der Waals surface area contributed by atoms with Crippen LogP contribution in [0, 0.1) is 20.8 Å². The maximum Gasteiger partial charge on any atom is 0.196 e. The lowest BCUT2D eigenvalue weighted by atomic mass is 9.99. The van der Waals surface area contributed by atoms with E-state index in [-0.39, 0.29) is 5.78 Å². The molecule has 0 saturated carbocycles. The molecule has 0 bridgehead atoms. The minimum atomic E-state index is -0.0423. The van der Waals surface area contributed by atoms with Crippen molar-refractivity contribution >= 4 is 17.4 Å². The van der Waals surface area contributed by atoms with Gasteiger partial charge in [0.15, 0.2) is 5.78 Å². The molecule has 0 aliphatic rings. The molecule has 0 unspecified atom stereocenters. The molecule has 0 fully saturated rings. The number of benzene rings is 1. The van der Waals surface area contributed by atoms with Gasteiger partial charge in [-0.15, -0.1) is 0 Å². The Hall–Kier alpha value is -1.54. The fourth-order valence-electron chi connectivity index (χ4n) is 1.85. The van der Waals surface area contributed by atoms with Crippen molar-refractivity contribution < 1.29 is 9.21 Å². The van der Waals surface area contributed by atoms with E-state index in [2.05, 4.69) is 0 Å². The highest BCUT2D eigenvalue weighted by Gasteiger charge is 2.17. The molecule has 2 nitrogen and oxygen atoms in total. The van der Waals surface area contributed by atoms with Crippen LogP contribution in [0.2, 0.25) is 5.02 Å². The SMILES string of the molecule is Cc1cc(C(=O)c2cccc(Cl)c2C)c(C)o1. The van der Waals surface area contributed by atoms with Crippen molar-refractivity contribution in [1.29, 1.82) is 0 Å². The third-order valence-corrected chi connectivity index (χ3v) is 3.21. The summed E-state index contributed by atoms with van der Waals surface area (Å²) < 4.78 is 5.37. The molecule has 17 heavy (non-hydrogen) atoms. The highest BCUT2D eigenvalue weighted by atomic mass is 35.5. The van der Waals surface area contributed by atoms with Crippen LogP contribution in [-0.4, -0.2) is 5.78 Å². The molecule has 1 heterocycles. The largest absolute Gasteiger partial charge is 0.466 e. The molecule has 1 aromatic carbocycles. The van der Waals surface area contributed by atoms with E-state index in [0.29, 0.717) is 21.9 Å². The quantitative estimate of drug-likeness (QED) is 0.750. The summed E-state index contributed by atoms with van der Waals surface area (Å²) in [6.45, 7) is 5.46. The third-order valence-electron chi connectivity index (χ3n) is 2.80. The van der Waals surface area contributed by atoms with E-state index in [0.717, 1.165) is 11.3 Å². The van der Waals surface area contributed by atoms with Gasteiger partial charge in [0.05, 0.1) is 5.56 Å². The smallest absolute Gasteiger partial charge is 0.196 e. The van der Waals surface area contributed by atoms with Crippen LogP contribution in [0.4, 0.5) is 0 Å². The third kappa shape index (κ3) is 2.13. The zero-order chi connectivity index (χ0) is 12.6. The molecule has 2 aromatic rings. The Morgan fingerprint density at radius 1 is 1.18 bits per heavy atom. The molecule has 0 amide bonds. The van der Waals surface area contributed by atoms with Crippen molar-refractivity contribution in [1.82, 2.24) is 0 Å². The topological polar surface area (TPSA) is 30.2 Å². The summed E-state index contributed by atoms with van der Waals surface area (Å²) in [4.78, 5) is 12.3. The van der Waals surface area contributed by atoms with Crippen LogP contribution in [0.1, 0.15) is 33.0 Å². The van der Waals surface area contributed by atoms with E-state index in [1.807, 2.05) is 13.8 Å². The van der Waals surface area contributed by atoms with Gasteiger partial charge in [-0.1, -0.05) is 23.7 Å². The first kappa shape index (κ1) is 11.9. The van der Waals surface area contributed by atoms with E-state index in [1.165, 1.54) is 0 Å². The van der Waals surface area contributed by atoms with Crippen molar-refractivity contribution in [3.63, 3.8) is 0 Å². The van der Waals surface area contributed by atoms with Crippen molar-refractivity contribution in [2.24, 2.45) is 0 Å². The van der Waals surface area contributed by atoms with Crippen LogP contribution in [0.15, 0.2) is 28.7 Å². The average Bonchev–Trinajstić information content (AvgIpc) is 2.61. The van der Waals surface area contributed by atoms with Gasteiger partial charge in [0.25, 0.3) is 0 Å². The van der Waals surface area contributed by atoms with Gasteiger partial charge in [-0.3, -0.25) is 4.79 Å². The minimum Gasteiger partial charge on any atom is -0.466 e. The molecule has 0 saturated heterocycles. The van der Waals surface area contributed by atoms with E-state index in [4.69, 9.17) is 16.0 Å². The second kappa shape index (κ2) is 4.38. The second-order valence-corrected chi connectivity index (χ2v) is 4.48. The number of ketones is 1. The van der Waals surface area contributed by atoms with E-state index < -0.39 is 0 Å². The molecule has 0 atom stereocenters. The molecule has 0 aliphatic carbocycles. The molecule has 0 aliphatic heterocycles. The predicted octanol–water partition coefficient (Wildman–Crippen LogP) is 4.09. The fourth-order valence-corrected chi connectivity index (χ4v) is 2.03. The first-order valence-electron chi connectivity index (χ1n) is 5.37. The number of furan rings is 1. The van der Waals surface area contributed by atoms with Crippen molar-refractivity contribution in [2.45, 2.75) is 20.8 Å². The highest BCUT2D eigenvalue weighted by Crippen LogP contribution is 2.24. The van der Waals surface area contributed by atoms with Gasteiger partial charge in [0.1, 0.15) is 11.5 Å². The summed E-state index contributed by atoms with van der Waals surface area (Å²) in [5.74, 6) is 1.34. The Morgan fingerprint density at radius 2 is 1.88 bits per heavy atom. The van der Waals surface area contributed by atoms with Crippen LogP contribution < -0.4 is 0 Å². The number of rotatable bonds is 2. The lowest BCUT2D eigenvalue weighted by Crippen LogP contribution is -2.04. The molecule has 2 rings (SSSR count). The number of hydrogen-bond acceptors (Lipinski definition) is 2. The summed E-state index contributed by atoms with van der Waals surface area (Å²) in [6, 6.07) is 7.11. The molecule has 0 spiro atoms. The molecule has 0 N–H and O–H groups in total. The first-order chi connectivity index (χ1) is 8.00. The number of carbonyl (C=O) groups excluding carboxylic acids is 1. The summed E-state index contributed by atoms with van der Waals surface area (Å²) in [6.07, 6.45) is 0. The number of carbonyl (C=O) groups is 1. The summed E-state index contributed by atoms with van der Waals surface area (Å²) in [7, 11) is 0. The lowest BCUT2D eigenvalue weighted by Gasteiger charge is -2.05. The van der Waals surface area contributed by atoms with Gasteiger partial charge in [-0.2, -0.15) is 0 Å². The summed E-state index contributed by atoms with van der Waals surface area (Å²) in [5, 5.41) is 0.605. The van der Waals surface area contributed by atoms with Gasteiger partial charge in [-0.25, -0.2) is 0 Å². The van der Waals surface area contributed by atoms with Gasteiger partial charge in [0, 0.05) is 10.6 Å². The van der Waals surface area contributed by atoms with E-state index in [9.17, 15) is 4.79 Å². The standard InChI is InChI=1S/C14H13ClO2/c1-8-7-12(10(3)17-8)14(16)11-5-4-6-13(15)9(11)2/h4-7H,1-3H3. The first-order valence-corrected chi connectivity index (χ1v) is 5.75. The van der Waals surface area contributed by atoms with Crippen LogP contribution in [0.3, 0.4) is 0 Å². The van der Waals surface area contributed by atoms with Crippen molar-refractivity contribution in [3.8, 4) is 0 Å². The molecular formula is C14H13ClO2. The van der Waals surface area contributed by atoms with Gasteiger partial charge in [-0.05, 0) is 38.5 Å². The monoisotopic (exact) mass is 248 g/mol. The van der Waals surface area contributed by atoms with Crippen LogP contribution in [0.5, 0.6) is 0 Å². The van der Waals surface area contributed by atoms with Crippen LogP contribution in [0.25, 0.3) is 0 Å². The molecule has 3 heteroatoms. The number of hydrogen-bond donors (Lipinski definition) is 0. The Labute approximate surface area is 105 Å². The van der Waals surface area contributed by atoms with Gasteiger partial charge in [0.2, 0.25) is 0 Å². The van der Waals surface area contributed by atoms with E-state index in [1.54, 1.807) is 31.2 Å². The second-order valence-electron chi connectivity index (χ2n) is 4.07. The minimum absolute atomic E-state index is 0.0423. The maximum atomic E-state index is 12.3.